The summed E-state index contributed by atoms with van der Waals surface area (Å²) in [6, 6.07) is 18.9. The van der Waals surface area contributed by atoms with Crippen molar-refractivity contribution in [2.45, 2.75) is 19.4 Å². The molecule has 1 atom stereocenters. The Morgan fingerprint density at radius 3 is 2.36 bits per heavy atom. The van der Waals surface area contributed by atoms with E-state index >= 15 is 0 Å². The second-order valence-electron chi connectivity index (χ2n) is 6.43. The Morgan fingerprint density at radius 2 is 1.71 bits per heavy atom. The molecule has 3 rings (SSSR count). The van der Waals surface area contributed by atoms with E-state index in [2.05, 4.69) is 15.6 Å². The molecule has 0 bridgehead atoms. The summed E-state index contributed by atoms with van der Waals surface area (Å²) >= 11 is 5.88. The van der Waals surface area contributed by atoms with Gasteiger partial charge >= 0.3 is 0 Å². The Balaban J connectivity index is 1.77. The van der Waals surface area contributed by atoms with Crippen LogP contribution in [0.5, 0.6) is 0 Å². The SMILES string of the molecule is Cc1ccc(NC(=O)C(Cc2ccccc2)NC(=O)c2ccc(Cl)cc2)nc1. The lowest BCUT2D eigenvalue weighted by Crippen LogP contribution is -2.45. The lowest BCUT2D eigenvalue weighted by molar-refractivity contribution is -0.118. The minimum absolute atomic E-state index is 0.331. The van der Waals surface area contributed by atoms with Gasteiger partial charge in [0.05, 0.1) is 0 Å². The van der Waals surface area contributed by atoms with Crippen molar-refractivity contribution in [1.29, 1.82) is 0 Å². The van der Waals surface area contributed by atoms with Gasteiger partial charge in [0.15, 0.2) is 0 Å². The van der Waals surface area contributed by atoms with Crippen LogP contribution in [0.15, 0.2) is 72.9 Å². The number of nitrogens with one attached hydrogen (secondary N) is 2. The zero-order valence-corrected chi connectivity index (χ0v) is 16.1. The van der Waals surface area contributed by atoms with E-state index in [9.17, 15) is 9.59 Å². The highest BCUT2D eigenvalue weighted by atomic mass is 35.5. The highest BCUT2D eigenvalue weighted by Gasteiger charge is 2.22. The molecule has 0 radical (unpaired) electrons. The van der Waals surface area contributed by atoms with Crippen molar-refractivity contribution >= 4 is 29.2 Å². The molecule has 1 unspecified atom stereocenters. The van der Waals surface area contributed by atoms with Gasteiger partial charge < -0.3 is 10.6 Å². The van der Waals surface area contributed by atoms with E-state index in [1.165, 1.54) is 0 Å². The number of halogens is 1. The van der Waals surface area contributed by atoms with Crippen LogP contribution >= 0.6 is 11.6 Å². The number of hydrogen-bond acceptors (Lipinski definition) is 3. The first-order chi connectivity index (χ1) is 13.5. The average molecular weight is 394 g/mol. The number of pyridine rings is 1. The van der Waals surface area contributed by atoms with Crippen molar-refractivity contribution in [3.8, 4) is 0 Å². The summed E-state index contributed by atoms with van der Waals surface area (Å²) in [7, 11) is 0. The number of rotatable bonds is 6. The first kappa shape index (κ1) is 19.6. The van der Waals surface area contributed by atoms with Gasteiger partial charge in [-0.1, -0.05) is 48.0 Å². The molecular formula is C22H20ClN3O2. The Bertz CT molecular complexity index is 942. The van der Waals surface area contributed by atoms with Gasteiger partial charge in [-0.25, -0.2) is 4.98 Å². The van der Waals surface area contributed by atoms with Gasteiger partial charge in [0.1, 0.15) is 11.9 Å². The van der Waals surface area contributed by atoms with Crippen LogP contribution in [0.2, 0.25) is 5.02 Å². The van der Waals surface area contributed by atoms with Gasteiger partial charge in [-0.15, -0.1) is 0 Å². The molecule has 6 heteroatoms. The monoisotopic (exact) mass is 393 g/mol. The van der Waals surface area contributed by atoms with Gasteiger partial charge in [0.25, 0.3) is 5.91 Å². The maximum atomic E-state index is 12.8. The molecule has 0 saturated heterocycles. The highest BCUT2D eigenvalue weighted by molar-refractivity contribution is 6.30. The first-order valence-electron chi connectivity index (χ1n) is 8.85. The molecule has 0 spiro atoms. The number of carbonyl (C=O) groups is 2. The van der Waals surface area contributed by atoms with E-state index in [0.717, 1.165) is 11.1 Å². The van der Waals surface area contributed by atoms with Crippen LogP contribution in [-0.4, -0.2) is 22.8 Å². The molecule has 0 aliphatic heterocycles. The quantitative estimate of drug-likeness (QED) is 0.664. The summed E-state index contributed by atoms with van der Waals surface area (Å²) in [5.41, 5.74) is 2.37. The molecule has 0 saturated carbocycles. The fraction of sp³-hybridized carbons (Fsp3) is 0.136. The van der Waals surface area contributed by atoms with Gasteiger partial charge in [0, 0.05) is 23.2 Å². The maximum absolute atomic E-state index is 12.8. The van der Waals surface area contributed by atoms with Gasteiger partial charge in [-0.2, -0.15) is 0 Å². The second kappa shape index (κ2) is 9.15. The topological polar surface area (TPSA) is 71.1 Å². The van der Waals surface area contributed by atoms with Crippen molar-refractivity contribution in [3.63, 3.8) is 0 Å². The molecule has 1 aromatic heterocycles. The molecule has 5 nitrogen and oxygen atoms in total. The molecule has 1 heterocycles. The Labute approximate surface area is 168 Å². The zero-order chi connectivity index (χ0) is 19.9. The molecule has 2 aromatic carbocycles. The Hall–Kier alpha value is -3.18. The van der Waals surface area contributed by atoms with Crippen molar-refractivity contribution in [2.75, 3.05) is 5.32 Å². The largest absolute Gasteiger partial charge is 0.340 e. The molecular weight excluding hydrogens is 374 g/mol. The van der Waals surface area contributed by atoms with Crippen molar-refractivity contribution < 1.29 is 9.59 Å². The third-order valence-electron chi connectivity index (χ3n) is 4.17. The second-order valence-corrected chi connectivity index (χ2v) is 6.87. The first-order valence-corrected chi connectivity index (χ1v) is 9.23. The van der Waals surface area contributed by atoms with Crippen molar-refractivity contribution in [2.24, 2.45) is 0 Å². The van der Waals surface area contributed by atoms with Gasteiger partial charge in [0.2, 0.25) is 5.91 Å². The number of hydrogen-bond donors (Lipinski definition) is 2. The summed E-state index contributed by atoms with van der Waals surface area (Å²) in [4.78, 5) is 29.6. The van der Waals surface area contributed by atoms with Crippen LogP contribution in [0.4, 0.5) is 5.82 Å². The molecule has 3 aromatic rings. The standard InChI is InChI=1S/C22H20ClN3O2/c1-15-7-12-20(24-14-15)26-22(28)19(13-16-5-3-2-4-6-16)25-21(27)17-8-10-18(23)11-9-17/h2-12,14,19H,13H2,1H3,(H,25,27)(H,24,26,28). The molecule has 0 aliphatic rings. The number of nitrogens with zero attached hydrogens (tertiary/aromatic N) is 1. The predicted octanol–water partition coefficient (Wildman–Crippen LogP) is 4.02. The van der Waals surface area contributed by atoms with E-state index in [0.29, 0.717) is 22.8 Å². The number of aryl methyl sites for hydroxylation is 1. The van der Waals surface area contributed by atoms with E-state index < -0.39 is 6.04 Å². The molecule has 28 heavy (non-hydrogen) atoms. The van der Waals surface area contributed by atoms with Crippen molar-refractivity contribution in [1.82, 2.24) is 10.3 Å². The summed E-state index contributed by atoms with van der Waals surface area (Å²) in [5, 5.41) is 6.12. The maximum Gasteiger partial charge on any atom is 0.251 e. The minimum Gasteiger partial charge on any atom is -0.340 e. The number of aromatic nitrogens is 1. The molecule has 2 amide bonds. The van der Waals surface area contributed by atoms with Crippen molar-refractivity contribution in [3.05, 3.63) is 94.6 Å². The predicted molar refractivity (Wildman–Crippen MR) is 110 cm³/mol. The third-order valence-corrected chi connectivity index (χ3v) is 4.43. The van der Waals surface area contributed by atoms with Crippen LogP contribution in [0.3, 0.4) is 0 Å². The lowest BCUT2D eigenvalue weighted by atomic mass is 10.0. The Morgan fingerprint density at radius 1 is 1.00 bits per heavy atom. The van der Waals surface area contributed by atoms with E-state index in [-0.39, 0.29) is 11.8 Å². The van der Waals surface area contributed by atoms with Crippen LogP contribution in [0.25, 0.3) is 0 Å². The molecule has 2 N–H and O–H groups in total. The lowest BCUT2D eigenvalue weighted by Gasteiger charge is -2.18. The fourth-order valence-corrected chi connectivity index (χ4v) is 2.78. The summed E-state index contributed by atoms with van der Waals surface area (Å²) < 4.78 is 0. The fourth-order valence-electron chi connectivity index (χ4n) is 2.66. The normalized spacial score (nSPS) is 11.5. The number of amides is 2. The van der Waals surface area contributed by atoms with E-state index in [4.69, 9.17) is 11.6 Å². The highest BCUT2D eigenvalue weighted by Crippen LogP contribution is 2.12. The van der Waals surface area contributed by atoms with Gasteiger partial charge in [-0.3, -0.25) is 9.59 Å². The van der Waals surface area contributed by atoms with E-state index in [1.54, 1.807) is 36.5 Å². The summed E-state index contributed by atoms with van der Waals surface area (Å²) in [6.45, 7) is 1.92. The number of carbonyl (C=O) groups excluding carboxylic acids is 2. The van der Waals surface area contributed by atoms with Gasteiger partial charge in [-0.05, 0) is 48.4 Å². The minimum atomic E-state index is -0.756. The molecule has 142 valence electrons. The molecule has 0 fully saturated rings. The summed E-state index contributed by atoms with van der Waals surface area (Å²) in [6.07, 6.45) is 2.03. The molecule has 0 aliphatic carbocycles. The average Bonchev–Trinajstić information content (AvgIpc) is 2.70. The van der Waals surface area contributed by atoms with Crippen LogP contribution in [0.1, 0.15) is 21.5 Å². The zero-order valence-electron chi connectivity index (χ0n) is 15.4. The third kappa shape index (κ3) is 5.41. The van der Waals surface area contributed by atoms with Crippen LogP contribution in [-0.2, 0) is 11.2 Å². The smallest absolute Gasteiger partial charge is 0.251 e. The van der Waals surface area contributed by atoms with Crippen LogP contribution in [0, 0.1) is 6.92 Å². The van der Waals surface area contributed by atoms with Crippen LogP contribution < -0.4 is 10.6 Å². The number of benzene rings is 2. The van der Waals surface area contributed by atoms with E-state index in [1.807, 2.05) is 43.3 Å². The Kier molecular flexibility index (Phi) is 6.40. The summed E-state index contributed by atoms with van der Waals surface area (Å²) in [5.74, 6) is -0.235. The number of anilines is 1.